The second-order valence-corrected chi connectivity index (χ2v) is 6.83. The molecule has 150 valence electrons. The number of aliphatic hydroxyl groups excluding tert-OH is 1. The normalized spacial score (nSPS) is 21.1. The molecule has 4 heteroatoms. The van der Waals surface area contributed by atoms with Crippen molar-refractivity contribution >= 4 is 0 Å². The maximum absolute atomic E-state index is 9.62. The molecule has 0 aromatic heterocycles. The quantitative estimate of drug-likeness (QED) is 0.730. The Kier molecular flexibility index (Phi) is 12.2. The smallest absolute Gasteiger partial charge is 0.118 e. The van der Waals surface area contributed by atoms with Crippen LogP contribution in [0, 0.1) is 5.41 Å². The zero-order chi connectivity index (χ0) is 20.2. The Hall–Kier alpha value is -1.36. The van der Waals surface area contributed by atoms with Gasteiger partial charge in [-0.05, 0) is 30.5 Å². The van der Waals surface area contributed by atoms with E-state index in [-0.39, 0.29) is 24.3 Å². The average Bonchev–Trinajstić information content (AvgIpc) is 2.93. The molecule has 4 nitrogen and oxygen atoms in total. The van der Waals surface area contributed by atoms with E-state index in [1.54, 1.807) is 14.2 Å². The number of nitrogens with zero attached hydrogens (tertiary/aromatic N) is 1. The topological polar surface area (TPSA) is 41.9 Å². The minimum absolute atomic E-state index is 0.0294. The Morgan fingerprint density at radius 2 is 1.77 bits per heavy atom. The van der Waals surface area contributed by atoms with Gasteiger partial charge < -0.3 is 14.6 Å². The summed E-state index contributed by atoms with van der Waals surface area (Å²) in [7, 11) is 3.41. The highest BCUT2D eigenvalue weighted by Crippen LogP contribution is 2.41. The summed E-state index contributed by atoms with van der Waals surface area (Å²) in [4.78, 5) is 2.25. The monoisotopic (exact) mass is 365 g/mol. The van der Waals surface area contributed by atoms with E-state index in [9.17, 15) is 5.11 Å². The van der Waals surface area contributed by atoms with Gasteiger partial charge in [0.15, 0.2) is 0 Å². The van der Waals surface area contributed by atoms with Gasteiger partial charge in [-0.3, -0.25) is 4.90 Å². The molecule has 0 aliphatic carbocycles. The van der Waals surface area contributed by atoms with Crippen molar-refractivity contribution in [3.63, 3.8) is 0 Å². The van der Waals surface area contributed by atoms with E-state index in [1.165, 1.54) is 5.56 Å². The highest BCUT2D eigenvalue weighted by molar-refractivity contribution is 5.27. The fourth-order valence-electron chi connectivity index (χ4n) is 3.24. The van der Waals surface area contributed by atoms with E-state index >= 15 is 0 Å². The van der Waals surface area contributed by atoms with Crippen molar-refractivity contribution in [3.05, 3.63) is 42.5 Å². The zero-order valence-electron chi connectivity index (χ0n) is 17.8. The molecule has 1 aromatic rings. The number of aliphatic hydroxyl groups is 1. The van der Waals surface area contributed by atoms with Crippen LogP contribution in [-0.2, 0) is 11.3 Å². The third-order valence-electron chi connectivity index (χ3n) is 4.45. The Morgan fingerprint density at radius 3 is 2.15 bits per heavy atom. The summed E-state index contributed by atoms with van der Waals surface area (Å²) in [5.41, 5.74) is 1.25. The van der Waals surface area contributed by atoms with Gasteiger partial charge in [0, 0.05) is 25.1 Å². The molecule has 1 saturated heterocycles. The summed E-state index contributed by atoms with van der Waals surface area (Å²) in [5.74, 6) is 0.859. The van der Waals surface area contributed by atoms with Crippen molar-refractivity contribution < 1.29 is 14.6 Å². The molecular formula is C22H39NO3. The molecule has 0 amide bonds. The van der Waals surface area contributed by atoms with Gasteiger partial charge >= 0.3 is 0 Å². The van der Waals surface area contributed by atoms with Crippen molar-refractivity contribution in [2.45, 2.75) is 66.3 Å². The molecule has 0 spiro atoms. The molecule has 0 saturated carbocycles. The molecule has 0 bridgehead atoms. The van der Waals surface area contributed by atoms with Gasteiger partial charge in [0.05, 0.1) is 13.7 Å². The predicted octanol–water partition coefficient (Wildman–Crippen LogP) is 4.87. The van der Waals surface area contributed by atoms with Gasteiger partial charge in [-0.25, -0.2) is 0 Å². The van der Waals surface area contributed by atoms with Gasteiger partial charge in [0.25, 0.3) is 0 Å². The summed E-state index contributed by atoms with van der Waals surface area (Å²) in [6, 6.07) is 8.20. The third kappa shape index (κ3) is 7.10. The number of methoxy groups -OCH3 is 2. The first kappa shape index (κ1) is 24.6. The molecule has 1 N–H and O–H groups in total. The van der Waals surface area contributed by atoms with Crippen LogP contribution in [0.3, 0.4) is 0 Å². The van der Waals surface area contributed by atoms with Gasteiger partial charge in [-0.15, -0.1) is 6.58 Å². The Balaban J connectivity index is 0.000000920. The lowest BCUT2D eigenvalue weighted by Gasteiger charge is -2.32. The number of rotatable bonds is 6. The van der Waals surface area contributed by atoms with Crippen LogP contribution in [0.5, 0.6) is 5.75 Å². The average molecular weight is 366 g/mol. The first-order chi connectivity index (χ1) is 12.4. The number of benzene rings is 1. The summed E-state index contributed by atoms with van der Waals surface area (Å²) in [6.07, 6.45) is 3.93. The van der Waals surface area contributed by atoms with Gasteiger partial charge in [-0.1, -0.05) is 52.8 Å². The number of hydrogen-bond acceptors (Lipinski definition) is 4. The van der Waals surface area contributed by atoms with Crippen LogP contribution in [0.2, 0.25) is 0 Å². The number of allylic oxidation sites excluding steroid dienone is 1. The number of ether oxygens (including phenoxy) is 2. The van der Waals surface area contributed by atoms with Crippen LogP contribution in [0.25, 0.3) is 0 Å². The lowest BCUT2D eigenvalue weighted by atomic mass is 9.89. The first-order valence-electron chi connectivity index (χ1n) is 9.56. The lowest BCUT2D eigenvalue weighted by molar-refractivity contribution is -0.0753. The molecule has 0 radical (unpaired) electrons. The van der Waals surface area contributed by atoms with Crippen molar-refractivity contribution in [2.75, 3.05) is 20.8 Å². The number of hydrogen-bond donors (Lipinski definition) is 1. The SMILES string of the molecule is C=CCC.CC.COc1ccc(CN2C(OC)C(C)(C)C[C@H]2CO)cc1. The summed E-state index contributed by atoms with van der Waals surface area (Å²) >= 11 is 0. The highest BCUT2D eigenvalue weighted by Gasteiger charge is 2.46. The van der Waals surface area contributed by atoms with E-state index in [2.05, 4.69) is 44.4 Å². The Morgan fingerprint density at radius 1 is 1.23 bits per heavy atom. The Labute approximate surface area is 160 Å². The van der Waals surface area contributed by atoms with Gasteiger partial charge in [0.2, 0.25) is 0 Å². The van der Waals surface area contributed by atoms with Crippen molar-refractivity contribution in [3.8, 4) is 5.75 Å². The van der Waals surface area contributed by atoms with Crippen LogP contribution < -0.4 is 4.74 Å². The van der Waals surface area contributed by atoms with Crippen LogP contribution >= 0.6 is 0 Å². The molecule has 1 heterocycles. The van der Waals surface area contributed by atoms with E-state index in [1.807, 2.05) is 32.1 Å². The molecule has 1 unspecified atom stereocenters. The zero-order valence-corrected chi connectivity index (χ0v) is 17.8. The molecule has 1 aliphatic rings. The van der Waals surface area contributed by atoms with Crippen molar-refractivity contribution in [2.24, 2.45) is 5.41 Å². The predicted molar refractivity (Wildman–Crippen MR) is 110 cm³/mol. The largest absolute Gasteiger partial charge is 0.497 e. The van der Waals surface area contributed by atoms with E-state index in [4.69, 9.17) is 9.47 Å². The van der Waals surface area contributed by atoms with Crippen LogP contribution in [0.4, 0.5) is 0 Å². The highest BCUT2D eigenvalue weighted by atomic mass is 16.5. The van der Waals surface area contributed by atoms with Crippen LogP contribution in [-0.4, -0.2) is 43.1 Å². The van der Waals surface area contributed by atoms with E-state index in [0.29, 0.717) is 0 Å². The summed E-state index contributed by atoms with van der Waals surface area (Å²) in [6.45, 7) is 14.9. The van der Waals surface area contributed by atoms with E-state index in [0.717, 1.165) is 25.1 Å². The lowest BCUT2D eigenvalue weighted by Crippen LogP contribution is -2.41. The molecule has 26 heavy (non-hydrogen) atoms. The van der Waals surface area contributed by atoms with Crippen molar-refractivity contribution in [1.29, 1.82) is 0 Å². The first-order valence-corrected chi connectivity index (χ1v) is 9.56. The van der Waals surface area contributed by atoms with Gasteiger partial charge in [0.1, 0.15) is 12.0 Å². The molecule has 1 aliphatic heterocycles. The molecular weight excluding hydrogens is 326 g/mol. The fourth-order valence-corrected chi connectivity index (χ4v) is 3.24. The second kappa shape index (κ2) is 12.9. The van der Waals surface area contributed by atoms with Crippen LogP contribution in [0.15, 0.2) is 36.9 Å². The molecule has 2 rings (SSSR count). The minimum atomic E-state index is 0.0294. The summed E-state index contributed by atoms with van der Waals surface area (Å²) < 4.78 is 10.9. The molecule has 1 fully saturated rings. The van der Waals surface area contributed by atoms with E-state index < -0.39 is 0 Å². The maximum Gasteiger partial charge on any atom is 0.118 e. The molecule has 1 aromatic carbocycles. The van der Waals surface area contributed by atoms with Gasteiger partial charge in [-0.2, -0.15) is 0 Å². The molecule has 2 atom stereocenters. The summed E-state index contributed by atoms with van der Waals surface area (Å²) in [5, 5.41) is 9.62. The number of likely N-dealkylation sites (tertiary alicyclic amines) is 1. The maximum atomic E-state index is 9.62. The van der Waals surface area contributed by atoms with Crippen molar-refractivity contribution in [1.82, 2.24) is 4.90 Å². The minimum Gasteiger partial charge on any atom is -0.497 e. The van der Waals surface area contributed by atoms with Crippen LogP contribution in [0.1, 0.15) is 53.0 Å². The third-order valence-corrected chi connectivity index (χ3v) is 4.45. The second-order valence-electron chi connectivity index (χ2n) is 6.83. The standard InChI is InChI=1S/C16H25NO3.C4H8.C2H6/c1-16(2)9-13(11-18)17(15(16)20-4)10-12-5-7-14(19-3)8-6-12;1-3-4-2;1-2/h5-8,13,15,18H,9-11H2,1-4H3;3H,1,4H2,2H3;1-2H3/t13-,15?;;/m0../s1. The fraction of sp³-hybridized carbons (Fsp3) is 0.636. The Bertz CT molecular complexity index is 485.